The number of rotatable bonds is 4. The van der Waals surface area contributed by atoms with Crippen LogP contribution in [0.2, 0.25) is 10.0 Å². The van der Waals surface area contributed by atoms with Crippen molar-refractivity contribution in [3.05, 3.63) is 63.8 Å². The van der Waals surface area contributed by atoms with Crippen LogP contribution < -0.4 is 4.74 Å². The first-order valence-electron chi connectivity index (χ1n) is 9.42. The monoisotopic (exact) mass is 416 g/mol. The molecule has 1 aliphatic rings. The molecule has 0 fully saturated rings. The molecule has 0 bridgehead atoms. The van der Waals surface area contributed by atoms with Crippen molar-refractivity contribution >= 4 is 40.0 Å². The van der Waals surface area contributed by atoms with Gasteiger partial charge in [-0.3, -0.25) is 4.79 Å². The Kier molecular flexibility index (Phi) is 5.26. The number of hydrogen-bond donors (Lipinski definition) is 1. The van der Waals surface area contributed by atoms with Gasteiger partial charge in [0.2, 0.25) is 0 Å². The molecule has 4 nitrogen and oxygen atoms in total. The number of para-hydroxylation sites is 1. The number of aromatic amines is 1. The number of halogens is 2. The molecule has 0 saturated carbocycles. The summed E-state index contributed by atoms with van der Waals surface area (Å²) in [5, 5.41) is 2.18. The van der Waals surface area contributed by atoms with Crippen molar-refractivity contribution in [1.82, 2.24) is 9.88 Å². The molecule has 0 unspecified atom stereocenters. The van der Waals surface area contributed by atoms with E-state index in [4.69, 9.17) is 27.9 Å². The largest absolute Gasteiger partial charge is 0.482 e. The predicted octanol–water partition coefficient (Wildman–Crippen LogP) is 5.64. The Bertz CT molecular complexity index is 1030. The Labute approximate surface area is 174 Å². The maximum absolute atomic E-state index is 13.0. The van der Waals surface area contributed by atoms with E-state index in [2.05, 4.69) is 37.0 Å². The van der Waals surface area contributed by atoms with Gasteiger partial charge in [0.1, 0.15) is 5.75 Å². The Morgan fingerprint density at radius 3 is 2.79 bits per heavy atom. The second-order valence-corrected chi connectivity index (χ2v) is 8.30. The van der Waals surface area contributed by atoms with Gasteiger partial charge in [0.05, 0.1) is 11.1 Å². The fourth-order valence-electron chi connectivity index (χ4n) is 4.06. The summed E-state index contributed by atoms with van der Waals surface area (Å²) < 4.78 is 5.69. The first-order chi connectivity index (χ1) is 13.5. The van der Waals surface area contributed by atoms with E-state index in [1.54, 1.807) is 18.2 Å². The molecular weight excluding hydrogens is 395 g/mol. The Balaban J connectivity index is 1.57. The molecule has 0 aliphatic carbocycles. The third-order valence-corrected chi connectivity index (χ3v) is 5.81. The summed E-state index contributed by atoms with van der Waals surface area (Å²) >= 11 is 12.1. The molecule has 146 valence electrons. The lowest BCUT2D eigenvalue weighted by Gasteiger charge is -2.38. The number of carbonyl (C=O) groups excluding carboxylic acids is 1. The van der Waals surface area contributed by atoms with Crippen LogP contribution in [0.3, 0.4) is 0 Å². The van der Waals surface area contributed by atoms with Crippen molar-refractivity contribution in [2.75, 3.05) is 13.2 Å². The van der Waals surface area contributed by atoms with Crippen molar-refractivity contribution < 1.29 is 9.53 Å². The lowest BCUT2D eigenvalue weighted by molar-refractivity contribution is -0.137. The second-order valence-electron chi connectivity index (χ2n) is 7.45. The van der Waals surface area contributed by atoms with Crippen LogP contribution in [0.4, 0.5) is 0 Å². The van der Waals surface area contributed by atoms with Gasteiger partial charge in [-0.15, -0.1) is 0 Å². The standard InChI is InChI=1S/C22H22Cl2N2O2/c1-13(2)22-21-16(15-5-3-4-6-18(15)25-21)9-10-26(22)20(27)12-28-19-8-7-14(23)11-17(19)24/h3-8,11,13,22,25H,9-10,12H2,1-2H3/t22-/m1/s1. The van der Waals surface area contributed by atoms with E-state index < -0.39 is 0 Å². The highest BCUT2D eigenvalue weighted by molar-refractivity contribution is 6.35. The van der Waals surface area contributed by atoms with Crippen LogP contribution in [0.1, 0.15) is 31.1 Å². The Hall–Kier alpha value is -2.17. The van der Waals surface area contributed by atoms with E-state index in [1.807, 2.05) is 11.0 Å². The summed E-state index contributed by atoms with van der Waals surface area (Å²) in [6.07, 6.45) is 0.829. The van der Waals surface area contributed by atoms with E-state index in [-0.39, 0.29) is 24.5 Å². The third-order valence-electron chi connectivity index (χ3n) is 5.28. The van der Waals surface area contributed by atoms with Crippen LogP contribution in [0, 0.1) is 5.92 Å². The maximum atomic E-state index is 13.0. The van der Waals surface area contributed by atoms with Crippen LogP contribution in [0.15, 0.2) is 42.5 Å². The van der Waals surface area contributed by atoms with Gasteiger partial charge < -0.3 is 14.6 Å². The van der Waals surface area contributed by atoms with E-state index in [1.165, 1.54) is 10.9 Å². The number of hydrogen-bond acceptors (Lipinski definition) is 2. The summed E-state index contributed by atoms with van der Waals surface area (Å²) in [7, 11) is 0. The van der Waals surface area contributed by atoms with Gasteiger partial charge in [-0.25, -0.2) is 0 Å². The summed E-state index contributed by atoms with van der Waals surface area (Å²) in [6.45, 7) is 4.90. The summed E-state index contributed by atoms with van der Waals surface area (Å²) in [4.78, 5) is 18.5. The molecular formula is C22H22Cl2N2O2. The quantitative estimate of drug-likeness (QED) is 0.598. The predicted molar refractivity (Wildman–Crippen MR) is 113 cm³/mol. The van der Waals surface area contributed by atoms with Crippen molar-refractivity contribution in [2.24, 2.45) is 5.92 Å². The number of ether oxygens (including phenoxy) is 1. The second kappa shape index (κ2) is 7.69. The van der Waals surface area contributed by atoms with Crippen LogP contribution in [0.25, 0.3) is 10.9 Å². The Morgan fingerprint density at radius 1 is 1.25 bits per heavy atom. The number of nitrogens with one attached hydrogen (secondary N) is 1. The zero-order valence-electron chi connectivity index (χ0n) is 15.8. The number of aromatic nitrogens is 1. The summed E-state index contributed by atoms with van der Waals surface area (Å²) in [6, 6.07) is 13.3. The lowest BCUT2D eigenvalue weighted by atomic mass is 9.90. The van der Waals surface area contributed by atoms with Gasteiger partial charge in [0.15, 0.2) is 6.61 Å². The minimum Gasteiger partial charge on any atom is -0.482 e. The first kappa shape index (κ1) is 19.2. The van der Waals surface area contributed by atoms with Crippen LogP contribution in [0.5, 0.6) is 5.75 Å². The molecule has 0 spiro atoms. The van der Waals surface area contributed by atoms with Gasteiger partial charge in [-0.2, -0.15) is 0 Å². The average molecular weight is 417 g/mol. The van der Waals surface area contributed by atoms with Crippen molar-refractivity contribution in [3.63, 3.8) is 0 Å². The molecule has 3 aromatic rings. The average Bonchev–Trinajstić information content (AvgIpc) is 3.04. The van der Waals surface area contributed by atoms with Crippen molar-refractivity contribution in [2.45, 2.75) is 26.3 Å². The molecule has 2 heterocycles. The van der Waals surface area contributed by atoms with Gasteiger partial charge in [0, 0.05) is 28.2 Å². The highest BCUT2D eigenvalue weighted by atomic mass is 35.5. The van der Waals surface area contributed by atoms with Crippen molar-refractivity contribution in [1.29, 1.82) is 0 Å². The number of amides is 1. The minimum absolute atomic E-state index is 0.00654. The molecule has 1 aromatic heterocycles. The van der Waals surface area contributed by atoms with E-state index in [9.17, 15) is 4.79 Å². The molecule has 28 heavy (non-hydrogen) atoms. The van der Waals surface area contributed by atoms with E-state index >= 15 is 0 Å². The zero-order chi connectivity index (χ0) is 19.8. The van der Waals surface area contributed by atoms with E-state index in [0.717, 1.165) is 17.6 Å². The Morgan fingerprint density at radius 2 is 2.04 bits per heavy atom. The highest BCUT2D eigenvalue weighted by Gasteiger charge is 2.35. The van der Waals surface area contributed by atoms with Gasteiger partial charge in [-0.1, -0.05) is 55.2 Å². The highest BCUT2D eigenvalue weighted by Crippen LogP contribution is 2.38. The molecule has 1 atom stereocenters. The number of carbonyl (C=O) groups is 1. The third kappa shape index (κ3) is 3.47. The first-order valence-corrected chi connectivity index (χ1v) is 10.2. The SMILES string of the molecule is CC(C)[C@@H]1c2[nH]c3ccccc3c2CCN1C(=O)COc1ccc(Cl)cc1Cl. The molecule has 2 aromatic carbocycles. The van der Waals surface area contributed by atoms with Gasteiger partial charge in [0.25, 0.3) is 5.91 Å². The summed E-state index contributed by atoms with van der Waals surface area (Å²) in [5.41, 5.74) is 3.58. The molecule has 0 radical (unpaired) electrons. The maximum Gasteiger partial charge on any atom is 0.261 e. The fourth-order valence-corrected chi connectivity index (χ4v) is 4.52. The summed E-state index contributed by atoms with van der Waals surface area (Å²) in [5.74, 6) is 0.688. The minimum atomic E-state index is -0.0554. The molecule has 0 saturated heterocycles. The molecule has 6 heteroatoms. The normalized spacial score (nSPS) is 16.5. The number of fused-ring (bicyclic) bond motifs is 3. The fraction of sp³-hybridized carbons (Fsp3) is 0.318. The van der Waals surface area contributed by atoms with Crippen LogP contribution >= 0.6 is 23.2 Å². The van der Waals surface area contributed by atoms with E-state index in [0.29, 0.717) is 22.3 Å². The van der Waals surface area contributed by atoms with Gasteiger partial charge in [-0.05, 0) is 42.2 Å². The van der Waals surface area contributed by atoms with Crippen LogP contribution in [-0.4, -0.2) is 28.9 Å². The lowest BCUT2D eigenvalue weighted by Crippen LogP contribution is -2.44. The number of H-pyrrole nitrogens is 1. The molecule has 4 rings (SSSR count). The smallest absolute Gasteiger partial charge is 0.261 e. The molecule has 1 amide bonds. The van der Waals surface area contributed by atoms with Gasteiger partial charge >= 0.3 is 0 Å². The zero-order valence-corrected chi connectivity index (χ0v) is 17.3. The van der Waals surface area contributed by atoms with Crippen molar-refractivity contribution in [3.8, 4) is 5.75 Å². The molecule has 1 aliphatic heterocycles. The number of benzene rings is 2. The molecule has 1 N–H and O–H groups in total. The topological polar surface area (TPSA) is 45.3 Å². The number of nitrogens with zero attached hydrogens (tertiary/aromatic N) is 1. The van der Waals surface area contributed by atoms with Crippen LogP contribution in [-0.2, 0) is 11.2 Å².